The molecule has 0 aromatic carbocycles. The number of halogens is 1. The summed E-state index contributed by atoms with van der Waals surface area (Å²) in [4.78, 5) is 11.9. The van der Waals surface area contributed by atoms with E-state index in [1.807, 2.05) is 0 Å². The number of rotatable bonds is 4. The average molecular weight is 271 g/mol. The Labute approximate surface area is 108 Å². The van der Waals surface area contributed by atoms with Gasteiger partial charge in [-0.2, -0.15) is 5.26 Å². The van der Waals surface area contributed by atoms with E-state index in [0.717, 1.165) is 5.56 Å². The van der Waals surface area contributed by atoms with Crippen molar-refractivity contribution in [1.82, 2.24) is 0 Å². The van der Waals surface area contributed by atoms with Crippen LogP contribution in [0.4, 0.5) is 0 Å². The molecule has 1 aromatic rings. The molecule has 17 heavy (non-hydrogen) atoms. The topological polar surface area (TPSA) is 73.9 Å². The number of carbonyl (C=O) groups excluding carboxylic acids is 1. The SMILES string of the molecule is CCOC(=O)C(C#N)C(=N)c1scc(C)c1Cl. The summed E-state index contributed by atoms with van der Waals surface area (Å²) in [5, 5.41) is 19.0. The molecule has 0 spiro atoms. The van der Waals surface area contributed by atoms with Crippen molar-refractivity contribution in [2.24, 2.45) is 5.92 Å². The van der Waals surface area contributed by atoms with Crippen molar-refractivity contribution in [2.45, 2.75) is 13.8 Å². The van der Waals surface area contributed by atoms with Crippen LogP contribution in [0.15, 0.2) is 5.38 Å². The lowest BCUT2D eigenvalue weighted by atomic mass is 10.0. The first-order valence-corrected chi connectivity index (χ1v) is 6.17. The summed E-state index contributed by atoms with van der Waals surface area (Å²) in [7, 11) is 0. The third kappa shape index (κ3) is 2.84. The van der Waals surface area contributed by atoms with Crippen molar-refractivity contribution in [3.05, 3.63) is 20.8 Å². The second-order valence-electron chi connectivity index (χ2n) is 3.29. The number of carbonyl (C=O) groups is 1. The van der Waals surface area contributed by atoms with Gasteiger partial charge in [-0.15, -0.1) is 11.3 Å². The van der Waals surface area contributed by atoms with Gasteiger partial charge in [-0.25, -0.2) is 0 Å². The predicted molar refractivity (Wildman–Crippen MR) is 66.6 cm³/mol. The van der Waals surface area contributed by atoms with E-state index in [1.54, 1.807) is 25.3 Å². The van der Waals surface area contributed by atoms with Gasteiger partial charge in [0.1, 0.15) is 0 Å². The van der Waals surface area contributed by atoms with Crippen LogP contribution in [-0.4, -0.2) is 18.3 Å². The van der Waals surface area contributed by atoms with Crippen molar-refractivity contribution in [3.63, 3.8) is 0 Å². The van der Waals surface area contributed by atoms with Crippen LogP contribution in [0.5, 0.6) is 0 Å². The van der Waals surface area contributed by atoms with E-state index in [-0.39, 0.29) is 12.3 Å². The summed E-state index contributed by atoms with van der Waals surface area (Å²) in [5.74, 6) is -1.92. The third-order valence-electron chi connectivity index (χ3n) is 2.08. The normalized spacial score (nSPS) is 11.6. The van der Waals surface area contributed by atoms with Crippen LogP contribution in [0.3, 0.4) is 0 Å². The quantitative estimate of drug-likeness (QED) is 0.675. The van der Waals surface area contributed by atoms with Crippen LogP contribution in [-0.2, 0) is 9.53 Å². The minimum Gasteiger partial charge on any atom is -0.465 e. The van der Waals surface area contributed by atoms with E-state index in [4.69, 9.17) is 27.0 Å². The van der Waals surface area contributed by atoms with Crippen LogP contribution in [0.25, 0.3) is 0 Å². The molecule has 0 aliphatic carbocycles. The Morgan fingerprint density at radius 1 is 1.76 bits per heavy atom. The Balaban J connectivity index is 2.99. The summed E-state index contributed by atoms with van der Waals surface area (Å²) in [5.41, 5.74) is 0.728. The standard InChI is InChI=1S/C11H11ClN2O2S/c1-3-16-11(15)7(4-13)9(14)10-8(12)6(2)5-17-10/h5,7,14H,3H2,1-2H3. The van der Waals surface area contributed by atoms with Crippen molar-refractivity contribution < 1.29 is 9.53 Å². The summed E-state index contributed by atoms with van der Waals surface area (Å²) in [6.45, 7) is 3.64. The van der Waals surface area contributed by atoms with E-state index in [2.05, 4.69) is 0 Å². The van der Waals surface area contributed by atoms with E-state index in [1.165, 1.54) is 11.3 Å². The Hall–Kier alpha value is -1.38. The van der Waals surface area contributed by atoms with Gasteiger partial charge in [0, 0.05) is 0 Å². The fourth-order valence-corrected chi connectivity index (χ4v) is 2.48. The molecule has 0 aliphatic heterocycles. The van der Waals surface area contributed by atoms with Gasteiger partial charge in [-0.1, -0.05) is 11.6 Å². The lowest BCUT2D eigenvalue weighted by molar-refractivity contribution is -0.143. The molecule has 1 aromatic heterocycles. The van der Waals surface area contributed by atoms with Gasteiger partial charge in [0.05, 0.1) is 28.3 Å². The van der Waals surface area contributed by atoms with Gasteiger partial charge in [0.15, 0.2) is 5.92 Å². The Morgan fingerprint density at radius 3 is 2.82 bits per heavy atom. The highest BCUT2D eigenvalue weighted by Crippen LogP contribution is 2.29. The molecule has 1 heterocycles. The van der Waals surface area contributed by atoms with E-state index in [0.29, 0.717) is 9.90 Å². The molecule has 0 saturated carbocycles. The molecule has 1 atom stereocenters. The molecule has 6 heteroatoms. The average Bonchev–Trinajstić information content (AvgIpc) is 2.61. The maximum absolute atomic E-state index is 11.5. The fourth-order valence-electron chi connectivity index (χ4n) is 1.20. The largest absolute Gasteiger partial charge is 0.465 e. The molecule has 0 aliphatic rings. The summed E-state index contributed by atoms with van der Waals surface area (Å²) in [6.07, 6.45) is 0. The number of ether oxygens (including phenoxy) is 1. The zero-order valence-corrected chi connectivity index (χ0v) is 11.0. The number of aryl methyl sites for hydroxylation is 1. The van der Waals surface area contributed by atoms with Crippen molar-refractivity contribution in [1.29, 1.82) is 10.7 Å². The highest BCUT2D eigenvalue weighted by molar-refractivity contribution is 7.13. The van der Waals surface area contributed by atoms with Gasteiger partial charge in [0.25, 0.3) is 0 Å². The number of esters is 1. The maximum Gasteiger partial charge on any atom is 0.329 e. The molecular formula is C11H11ClN2O2S. The third-order valence-corrected chi connectivity index (χ3v) is 3.81. The van der Waals surface area contributed by atoms with Gasteiger partial charge in [-0.05, 0) is 24.8 Å². The zero-order valence-electron chi connectivity index (χ0n) is 9.41. The van der Waals surface area contributed by atoms with Crippen LogP contribution >= 0.6 is 22.9 Å². The first-order chi connectivity index (χ1) is 8.02. The minimum atomic E-state index is -1.22. The minimum absolute atomic E-state index is 0.103. The van der Waals surface area contributed by atoms with Crippen molar-refractivity contribution in [3.8, 4) is 6.07 Å². The predicted octanol–water partition coefficient (Wildman–Crippen LogP) is 2.78. The van der Waals surface area contributed by atoms with Crippen LogP contribution in [0.2, 0.25) is 5.02 Å². The van der Waals surface area contributed by atoms with Gasteiger partial charge in [0.2, 0.25) is 0 Å². The molecule has 4 nitrogen and oxygen atoms in total. The van der Waals surface area contributed by atoms with Crippen molar-refractivity contribution >= 4 is 34.6 Å². The Kier molecular flexibility index (Phi) is 4.67. The molecule has 1 N–H and O–H groups in total. The van der Waals surface area contributed by atoms with E-state index < -0.39 is 11.9 Å². The highest BCUT2D eigenvalue weighted by Gasteiger charge is 2.28. The molecule has 1 unspecified atom stereocenters. The smallest absolute Gasteiger partial charge is 0.329 e. The number of nitriles is 1. The summed E-state index contributed by atoms with van der Waals surface area (Å²) >= 11 is 7.24. The first kappa shape index (κ1) is 13.7. The number of nitrogens with zero attached hydrogens (tertiary/aromatic N) is 1. The van der Waals surface area contributed by atoms with E-state index in [9.17, 15) is 4.79 Å². The van der Waals surface area contributed by atoms with Crippen molar-refractivity contribution in [2.75, 3.05) is 6.61 Å². The molecule has 0 bridgehead atoms. The van der Waals surface area contributed by atoms with Crippen LogP contribution < -0.4 is 0 Å². The summed E-state index contributed by atoms with van der Waals surface area (Å²) in [6, 6.07) is 1.77. The molecule has 1 rings (SSSR count). The molecule has 90 valence electrons. The zero-order chi connectivity index (χ0) is 13.0. The van der Waals surface area contributed by atoms with Gasteiger partial charge >= 0.3 is 5.97 Å². The molecule has 0 fully saturated rings. The summed E-state index contributed by atoms with van der Waals surface area (Å²) < 4.78 is 4.74. The Bertz CT molecular complexity index is 490. The lowest BCUT2D eigenvalue weighted by Crippen LogP contribution is -2.24. The molecule has 0 radical (unpaired) electrons. The fraction of sp³-hybridized carbons (Fsp3) is 0.364. The van der Waals surface area contributed by atoms with Crippen LogP contribution in [0, 0.1) is 29.6 Å². The van der Waals surface area contributed by atoms with E-state index >= 15 is 0 Å². The highest BCUT2D eigenvalue weighted by atomic mass is 35.5. The number of hydrogen-bond donors (Lipinski definition) is 1. The molecule has 0 saturated heterocycles. The number of thiophene rings is 1. The molecular weight excluding hydrogens is 260 g/mol. The Morgan fingerprint density at radius 2 is 2.41 bits per heavy atom. The second kappa shape index (κ2) is 5.80. The lowest BCUT2D eigenvalue weighted by Gasteiger charge is -2.08. The second-order valence-corrected chi connectivity index (χ2v) is 4.55. The monoisotopic (exact) mass is 270 g/mol. The van der Waals surface area contributed by atoms with Crippen LogP contribution in [0.1, 0.15) is 17.4 Å². The van der Waals surface area contributed by atoms with Gasteiger partial charge in [-0.3, -0.25) is 4.79 Å². The number of nitrogens with one attached hydrogen (secondary N) is 1. The van der Waals surface area contributed by atoms with Gasteiger partial charge < -0.3 is 10.1 Å². The maximum atomic E-state index is 11.5. The molecule has 0 amide bonds. The first-order valence-electron chi connectivity index (χ1n) is 4.91. The number of hydrogen-bond acceptors (Lipinski definition) is 5.